The number of aryl methyl sites for hydroxylation is 1. The molecule has 1 aromatic carbocycles. The molecule has 1 atom stereocenters. The first-order valence-corrected chi connectivity index (χ1v) is 5.55. The van der Waals surface area contributed by atoms with Gasteiger partial charge in [0.05, 0.1) is 14.2 Å². The molecule has 0 amide bonds. The molecule has 0 aliphatic heterocycles. The van der Waals surface area contributed by atoms with Crippen LogP contribution in [0.5, 0.6) is 11.5 Å². The molecule has 2 aromatic rings. The van der Waals surface area contributed by atoms with Crippen molar-refractivity contribution in [1.82, 2.24) is 9.55 Å². The Hall–Kier alpha value is -2.01. The normalized spacial score (nSPS) is 12.2. The predicted octanol–water partition coefficient (Wildman–Crippen LogP) is 1.52. The van der Waals surface area contributed by atoms with Crippen LogP contribution in [0.2, 0.25) is 0 Å². The van der Waals surface area contributed by atoms with Gasteiger partial charge in [-0.3, -0.25) is 0 Å². The maximum atomic E-state index is 10.4. The third kappa shape index (κ3) is 2.04. The summed E-state index contributed by atoms with van der Waals surface area (Å²) in [6.45, 7) is 0. The zero-order chi connectivity index (χ0) is 13.1. The number of aliphatic hydroxyl groups is 1. The fourth-order valence-corrected chi connectivity index (χ4v) is 1.91. The molecule has 1 unspecified atom stereocenters. The molecule has 0 radical (unpaired) electrons. The van der Waals surface area contributed by atoms with Crippen molar-refractivity contribution in [3.05, 3.63) is 42.0 Å². The van der Waals surface area contributed by atoms with Gasteiger partial charge in [0, 0.05) is 25.0 Å². The molecule has 96 valence electrons. The minimum atomic E-state index is -0.852. The lowest BCUT2D eigenvalue weighted by molar-refractivity contribution is 0.199. The Bertz CT molecular complexity index is 537. The van der Waals surface area contributed by atoms with Crippen molar-refractivity contribution < 1.29 is 14.6 Å². The Morgan fingerprint density at radius 2 is 2.06 bits per heavy atom. The van der Waals surface area contributed by atoms with Crippen molar-refractivity contribution in [2.45, 2.75) is 6.10 Å². The lowest BCUT2D eigenvalue weighted by Gasteiger charge is -2.16. The lowest BCUT2D eigenvalue weighted by Crippen LogP contribution is -2.09. The van der Waals surface area contributed by atoms with Gasteiger partial charge in [0.1, 0.15) is 11.9 Å². The summed E-state index contributed by atoms with van der Waals surface area (Å²) in [5, 5.41) is 10.4. The standard InChI is InChI=1S/C13H16N2O3/c1-15-8-7-14-13(15)11(16)9-5-4-6-10(17-2)12(9)18-3/h4-8,11,16H,1-3H3. The van der Waals surface area contributed by atoms with Gasteiger partial charge in [-0.2, -0.15) is 0 Å². The molecule has 5 heteroatoms. The van der Waals surface area contributed by atoms with Crippen LogP contribution in [0.4, 0.5) is 0 Å². The van der Waals surface area contributed by atoms with E-state index in [2.05, 4.69) is 4.98 Å². The zero-order valence-corrected chi connectivity index (χ0v) is 10.6. The van der Waals surface area contributed by atoms with Gasteiger partial charge in [-0.05, 0) is 6.07 Å². The van der Waals surface area contributed by atoms with Crippen molar-refractivity contribution in [2.24, 2.45) is 7.05 Å². The molecule has 0 spiro atoms. The van der Waals surface area contributed by atoms with Gasteiger partial charge < -0.3 is 19.1 Å². The molecule has 0 fully saturated rings. The quantitative estimate of drug-likeness (QED) is 0.891. The summed E-state index contributed by atoms with van der Waals surface area (Å²) in [6.07, 6.45) is 2.58. The van der Waals surface area contributed by atoms with E-state index in [1.54, 1.807) is 43.3 Å². The van der Waals surface area contributed by atoms with Crippen LogP contribution in [-0.4, -0.2) is 28.9 Å². The number of para-hydroxylation sites is 1. The number of hydrogen-bond donors (Lipinski definition) is 1. The number of aliphatic hydroxyl groups excluding tert-OH is 1. The monoisotopic (exact) mass is 248 g/mol. The van der Waals surface area contributed by atoms with E-state index in [0.29, 0.717) is 22.9 Å². The molecular weight excluding hydrogens is 232 g/mol. The second-order valence-electron chi connectivity index (χ2n) is 3.88. The van der Waals surface area contributed by atoms with Gasteiger partial charge >= 0.3 is 0 Å². The van der Waals surface area contributed by atoms with E-state index in [-0.39, 0.29) is 0 Å². The summed E-state index contributed by atoms with van der Waals surface area (Å²) >= 11 is 0. The summed E-state index contributed by atoms with van der Waals surface area (Å²) in [7, 11) is 4.94. The van der Waals surface area contributed by atoms with Crippen LogP contribution in [0.3, 0.4) is 0 Å². The highest BCUT2D eigenvalue weighted by Crippen LogP contribution is 2.36. The number of imidazole rings is 1. The highest BCUT2D eigenvalue weighted by Gasteiger charge is 2.21. The van der Waals surface area contributed by atoms with E-state index in [9.17, 15) is 5.11 Å². The lowest BCUT2D eigenvalue weighted by atomic mass is 10.1. The first-order chi connectivity index (χ1) is 8.69. The topological polar surface area (TPSA) is 56.5 Å². The maximum Gasteiger partial charge on any atom is 0.166 e. The molecule has 0 saturated carbocycles. The maximum absolute atomic E-state index is 10.4. The van der Waals surface area contributed by atoms with E-state index in [4.69, 9.17) is 9.47 Å². The van der Waals surface area contributed by atoms with Gasteiger partial charge in [-0.25, -0.2) is 4.98 Å². The summed E-state index contributed by atoms with van der Waals surface area (Å²) in [6, 6.07) is 5.39. The Morgan fingerprint density at radius 1 is 1.28 bits per heavy atom. The van der Waals surface area contributed by atoms with Crippen LogP contribution in [-0.2, 0) is 7.05 Å². The number of nitrogens with zero attached hydrogens (tertiary/aromatic N) is 2. The minimum absolute atomic E-state index is 0.524. The predicted molar refractivity (Wildman–Crippen MR) is 66.8 cm³/mol. The van der Waals surface area contributed by atoms with Gasteiger partial charge in [0.2, 0.25) is 0 Å². The Labute approximate surface area is 106 Å². The van der Waals surface area contributed by atoms with E-state index in [0.717, 1.165) is 0 Å². The highest BCUT2D eigenvalue weighted by atomic mass is 16.5. The largest absolute Gasteiger partial charge is 0.493 e. The number of ether oxygens (including phenoxy) is 2. The third-order valence-electron chi connectivity index (χ3n) is 2.83. The van der Waals surface area contributed by atoms with Crippen molar-refractivity contribution in [3.63, 3.8) is 0 Å². The SMILES string of the molecule is COc1cccc(C(O)c2nccn2C)c1OC. The van der Waals surface area contributed by atoms with Gasteiger partial charge in [-0.15, -0.1) is 0 Å². The Kier molecular flexibility index (Phi) is 3.53. The molecule has 2 rings (SSSR count). The number of rotatable bonds is 4. The summed E-state index contributed by atoms with van der Waals surface area (Å²) in [5.41, 5.74) is 0.631. The number of aromatic nitrogens is 2. The molecule has 18 heavy (non-hydrogen) atoms. The van der Waals surface area contributed by atoms with Crippen LogP contribution < -0.4 is 9.47 Å². The first kappa shape index (κ1) is 12.4. The van der Waals surface area contributed by atoms with Gasteiger partial charge in [0.15, 0.2) is 11.5 Å². The molecule has 1 N–H and O–H groups in total. The average Bonchev–Trinajstić information content (AvgIpc) is 2.83. The van der Waals surface area contributed by atoms with Crippen molar-refractivity contribution in [2.75, 3.05) is 14.2 Å². The fraction of sp³-hybridized carbons (Fsp3) is 0.308. The molecule has 1 heterocycles. The smallest absolute Gasteiger partial charge is 0.166 e. The van der Waals surface area contributed by atoms with Crippen LogP contribution in [0.25, 0.3) is 0 Å². The first-order valence-electron chi connectivity index (χ1n) is 5.55. The van der Waals surface area contributed by atoms with E-state index < -0.39 is 6.10 Å². The second-order valence-corrected chi connectivity index (χ2v) is 3.88. The highest BCUT2D eigenvalue weighted by molar-refractivity contribution is 5.48. The number of benzene rings is 1. The van der Waals surface area contributed by atoms with Gasteiger partial charge in [0.25, 0.3) is 0 Å². The minimum Gasteiger partial charge on any atom is -0.493 e. The zero-order valence-electron chi connectivity index (χ0n) is 10.6. The van der Waals surface area contributed by atoms with Crippen molar-refractivity contribution >= 4 is 0 Å². The van der Waals surface area contributed by atoms with Crippen LogP contribution in [0.1, 0.15) is 17.5 Å². The number of methoxy groups -OCH3 is 2. The average molecular weight is 248 g/mol. The van der Waals surface area contributed by atoms with E-state index >= 15 is 0 Å². The molecule has 0 aliphatic carbocycles. The Morgan fingerprint density at radius 3 is 2.61 bits per heavy atom. The second kappa shape index (κ2) is 5.10. The summed E-state index contributed by atoms with van der Waals surface area (Å²) in [4.78, 5) is 4.14. The third-order valence-corrected chi connectivity index (χ3v) is 2.83. The van der Waals surface area contributed by atoms with Crippen LogP contribution in [0.15, 0.2) is 30.6 Å². The summed E-state index contributed by atoms with van der Waals surface area (Å²) in [5.74, 6) is 1.67. The fourth-order valence-electron chi connectivity index (χ4n) is 1.91. The molecule has 0 bridgehead atoms. The van der Waals surface area contributed by atoms with Crippen molar-refractivity contribution in [1.29, 1.82) is 0 Å². The molecule has 0 saturated heterocycles. The van der Waals surface area contributed by atoms with E-state index in [1.807, 2.05) is 13.1 Å². The Balaban J connectivity index is 2.48. The number of hydrogen-bond acceptors (Lipinski definition) is 4. The van der Waals surface area contributed by atoms with Crippen LogP contribution >= 0.6 is 0 Å². The van der Waals surface area contributed by atoms with Crippen molar-refractivity contribution in [3.8, 4) is 11.5 Å². The van der Waals surface area contributed by atoms with Gasteiger partial charge in [-0.1, -0.05) is 12.1 Å². The molecule has 5 nitrogen and oxygen atoms in total. The molecule has 0 aliphatic rings. The molecular formula is C13H16N2O3. The molecule has 1 aromatic heterocycles. The van der Waals surface area contributed by atoms with E-state index in [1.165, 1.54) is 0 Å². The summed E-state index contributed by atoms with van der Waals surface area (Å²) < 4.78 is 12.3. The van der Waals surface area contributed by atoms with Crippen LogP contribution in [0, 0.1) is 0 Å².